The first-order valence-electron chi connectivity index (χ1n) is 9.98. The molecule has 2 heterocycles. The summed E-state index contributed by atoms with van der Waals surface area (Å²) in [6, 6.07) is 13.0. The molecule has 2 aromatic carbocycles. The Morgan fingerprint density at radius 3 is 2.73 bits per heavy atom. The van der Waals surface area contributed by atoms with Crippen LogP contribution >= 0.6 is 11.3 Å². The van der Waals surface area contributed by atoms with E-state index in [1.54, 1.807) is 25.8 Å². The summed E-state index contributed by atoms with van der Waals surface area (Å²) in [6.07, 6.45) is 1.66. The largest absolute Gasteiger partial charge is 0.497 e. The lowest BCUT2D eigenvalue weighted by Gasteiger charge is -2.08. The van der Waals surface area contributed by atoms with Gasteiger partial charge >= 0.3 is 0 Å². The van der Waals surface area contributed by atoms with E-state index in [-0.39, 0.29) is 6.61 Å². The summed E-state index contributed by atoms with van der Waals surface area (Å²) < 4.78 is 22.7. The molecule has 0 amide bonds. The van der Waals surface area contributed by atoms with Crippen LogP contribution in [0, 0.1) is 6.92 Å². The molecule has 2 aromatic heterocycles. The highest BCUT2D eigenvalue weighted by molar-refractivity contribution is 7.14. The van der Waals surface area contributed by atoms with Gasteiger partial charge < -0.3 is 24.4 Å². The molecule has 3 N–H and O–H groups in total. The Morgan fingerprint density at radius 1 is 1.12 bits per heavy atom. The van der Waals surface area contributed by atoms with Gasteiger partial charge in [-0.05, 0) is 37.3 Å². The van der Waals surface area contributed by atoms with E-state index < -0.39 is 0 Å². The lowest BCUT2D eigenvalue weighted by Crippen LogP contribution is -2.01. The van der Waals surface area contributed by atoms with E-state index in [2.05, 4.69) is 20.5 Å². The van der Waals surface area contributed by atoms with Gasteiger partial charge in [0.25, 0.3) is 0 Å². The second kappa shape index (κ2) is 10.0. The number of benzene rings is 2. The molecule has 0 aliphatic rings. The summed E-state index contributed by atoms with van der Waals surface area (Å²) in [6.45, 7) is 2.07. The number of nitrogens with one attached hydrogen (secondary N) is 1. The summed E-state index contributed by atoms with van der Waals surface area (Å²) in [5.74, 6) is 3.52. The van der Waals surface area contributed by atoms with Crippen molar-refractivity contribution in [1.82, 2.24) is 9.97 Å². The lowest BCUT2D eigenvalue weighted by molar-refractivity contribution is 0.299. The van der Waals surface area contributed by atoms with E-state index in [0.717, 1.165) is 5.56 Å². The maximum Gasteiger partial charge on any atom is 0.230 e. The van der Waals surface area contributed by atoms with Crippen molar-refractivity contribution in [2.24, 2.45) is 5.10 Å². The predicted octanol–water partition coefficient (Wildman–Crippen LogP) is 4.73. The van der Waals surface area contributed by atoms with Crippen molar-refractivity contribution in [3.8, 4) is 28.7 Å². The predicted molar refractivity (Wildman–Crippen MR) is 128 cm³/mol. The van der Waals surface area contributed by atoms with Gasteiger partial charge in [0.1, 0.15) is 41.1 Å². The van der Waals surface area contributed by atoms with Crippen LogP contribution in [-0.4, -0.2) is 30.4 Å². The molecule has 0 unspecified atom stereocenters. The van der Waals surface area contributed by atoms with E-state index in [9.17, 15) is 0 Å². The molecule has 0 saturated carbocycles. The first kappa shape index (κ1) is 22.2. The van der Waals surface area contributed by atoms with Crippen molar-refractivity contribution in [3.05, 3.63) is 64.9 Å². The Kier molecular flexibility index (Phi) is 6.75. The van der Waals surface area contributed by atoms with Gasteiger partial charge in [0.2, 0.25) is 11.0 Å². The highest BCUT2D eigenvalue weighted by Gasteiger charge is 2.17. The zero-order valence-corrected chi connectivity index (χ0v) is 19.2. The molecule has 4 aromatic rings. The number of para-hydroxylation sites is 1. The van der Waals surface area contributed by atoms with Crippen LogP contribution in [0.2, 0.25) is 0 Å². The van der Waals surface area contributed by atoms with Gasteiger partial charge in [-0.25, -0.2) is 9.97 Å². The molecule has 10 heteroatoms. The minimum Gasteiger partial charge on any atom is -0.497 e. The Labute approximate surface area is 194 Å². The van der Waals surface area contributed by atoms with Crippen molar-refractivity contribution in [1.29, 1.82) is 0 Å². The topological polar surface area (TPSA) is 117 Å². The highest BCUT2D eigenvalue weighted by Crippen LogP contribution is 2.34. The van der Waals surface area contributed by atoms with Gasteiger partial charge in [-0.15, -0.1) is 11.3 Å². The molecular weight excluding hydrogens is 442 g/mol. The van der Waals surface area contributed by atoms with Gasteiger partial charge in [0.05, 0.1) is 26.0 Å². The Hall–Kier alpha value is -4.05. The second-order valence-corrected chi connectivity index (χ2v) is 7.72. The fraction of sp³-hybridized carbons (Fsp3) is 0.174. The number of aryl methyl sites for hydroxylation is 1. The molecule has 0 aliphatic heterocycles. The monoisotopic (exact) mass is 465 g/mol. The van der Waals surface area contributed by atoms with Crippen LogP contribution in [0.25, 0.3) is 11.5 Å². The minimum atomic E-state index is 0.225. The second-order valence-electron chi connectivity index (χ2n) is 6.86. The number of hydrogen-bond acceptors (Lipinski definition) is 10. The highest BCUT2D eigenvalue weighted by atomic mass is 32.1. The van der Waals surface area contributed by atoms with Crippen molar-refractivity contribution in [2.45, 2.75) is 13.5 Å². The molecule has 0 saturated heterocycles. The quantitative estimate of drug-likeness (QED) is 0.269. The average molecular weight is 466 g/mol. The third-order valence-electron chi connectivity index (χ3n) is 4.70. The SMILES string of the molecule is COc1ccc(OC)c(-c2nc(COc3ccccc3C=NNc3nc(N)cs3)c(C)o2)c1. The summed E-state index contributed by atoms with van der Waals surface area (Å²) in [5.41, 5.74) is 10.7. The van der Waals surface area contributed by atoms with Crippen LogP contribution in [0.4, 0.5) is 10.9 Å². The van der Waals surface area contributed by atoms with Crippen molar-refractivity contribution in [3.63, 3.8) is 0 Å². The fourth-order valence-electron chi connectivity index (χ4n) is 3.02. The average Bonchev–Trinajstić information content (AvgIpc) is 3.42. The molecule has 0 spiro atoms. The van der Waals surface area contributed by atoms with Crippen LogP contribution in [0.5, 0.6) is 17.2 Å². The summed E-state index contributed by atoms with van der Waals surface area (Å²) in [5, 5.41) is 6.57. The first-order valence-corrected chi connectivity index (χ1v) is 10.9. The van der Waals surface area contributed by atoms with Crippen LogP contribution in [0.1, 0.15) is 17.0 Å². The molecule has 9 nitrogen and oxygen atoms in total. The number of methoxy groups -OCH3 is 2. The molecular formula is C23H23N5O4S. The molecule has 33 heavy (non-hydrogen) atoms. The van der Waals surface area contributed by atoms with E-state index >= 15 is 0 Å². The molecule has 0 radical (unpaired) electrons. The third kappa shape index (κ3) is 5.24. The smallest absolute Gasteiger partial charge is 0.230 e. The summed E-state index contributed by atoms with van der Waals surface area (Å²) in [7, 11) is 3.20. The maximum absolute atomic E-state index is 6.03. The van der Waals surface area contributed by atoms with Gasteiger partial charge in [0.15, 0.2) is 0 Å². The van der Waals surface area contributed by atoms with Crippen LogP contribution in [-0.2, 0) is 6.61 Å². The number of rotatable bonds is 9. The number of aromatic nitrogens is 2. The number of nitrogens with zero attached hydrogens (tertiary/aromatic N) is 3. The van der Waals surface area contributed by atoms with Crippen LogP contribution in [0.3, 0.4) is 0 Å². The standard InChI is InChI=1S/C23H23N5O4S/c1-14-18(26-22(32-14)17-10-16(29-2)8-9-20(17)30-3)12-31-19-7-5-4-6-15(19)11-25-28-23-27-21(24)13-33-23/h4-11,13H,12,24H2,1-3H3,(H,27,28). The third-order valence-corrected chi connectivity index (χ3v) is 5.46. The van der Waals surface area contributed by atoms with Crippen molar-refractivity contribution in [2.75, 3.05) is 25.4 Å². The first-order chi connectivity index (χ1) is 16.1. The van der Waals surface area contributed by atoms with Gasteiger partial charge in [-0.3, -0.25) is 5.43 Å². The summed E-state index contributed by atoms with van der Waals surface area (Å²) in [4.78, 5) is 8.73. The number of nitrogens with two attached hydrogens (primary N) is 1. The van der Waals surface area contributed by atoms with E-state index in [0.29, 0.717) is 51.1 Å². The van der Waals surface area contributed by atoms with Crippen LogP contribution in [0.15, 0.2) is 57.4 Å². The van der Waals surface area contributed by atoms with Gasteiger partial charge in [-0.1, -0.05) is 12.1 Å². The normalized spacial score (nSPS) is 11.0. The van der Waals surface area contributed by atoms with E-state index in [4.69, 9.17) is 24.4 Å². The number of nitrogen functional groups attached to an aromatic ring is 1. The Balaban J connectivity index is 1.49. The number of ether oxygens (including phenoxy) is 3. The van der Waals surface area contributed by atoms with E-state index in [1.807, 2.05) is 49.4 Å². The summed E-state index contributed by atoms with van der Waals surface area (Å²) >= 11 is 1.38. The molecule has 0 bridgehead atoms. The van der Waals surface area contributed by atoms with E-state index in [1.165, 1.54) is 11.3 Å². The number of hydrazone groups is 1. The minimum absolute atomic E-state index is 0.225. The maximum atomic E-state index is 6.03. The Bertz CT molecular complexity index is 1270. The molecule has 4 rings (SSSR count). The Morgan fingerprint density at radius 2 is 1.97 bits per heavy atom. The fourth-order valence-corrected chi connectivity index (χ4v) is 3.57. The number of thiazole rings is 1. The van der Waals surface area contributed by atoms with Crippen LogP contribution < -0.4 is 25.4 Å². The zero-order valence-electron chi connectivity index (χ0n) is 18.4. The zero-order chi connectivity index (χ0) is 23.2. The van der Waals surface area contributed by atoms with Gasteiger partial charge in [-0.2, -0.15) is 5.10 Å². The molecule has 0 aliphatic carbocycles. The van der Waals surface area contributed by atoms with Gasteiger partial charge in [0, 0.05) is 10.9 Å². The lowest BCUT2D eigenvalue weighted by atomic mass is 10.2. The van der Waals surface area contributed by atoms with Crippen molar-refractivity contribution >= 4 is 28.5 Å². The number of anilines is 2. The molecule has 0 atom stereocenters. The van der Waals surface area contributed by atoms with Crippen molar-refractivity contribution < 1.29 is 18.6 Å². The molecule has 170 valence electrons. The number of oxazole rings is 1. The molecule has 0 fully saturated rings. The number of hydrogen-bond donors (Lipinski definition) is 2.